The molecule has 0 saturated carbocycles. The van der Waals surface area contributed by atoms with Crippen LogP contribution in [0.2, 0.25) is 0 Å². The fourth-order valence-corrected chi connectivity index (χ4v) is 4.31. The smallest absolute Gasteiger partial charge is 0.264 e. The van der Waals surface area contributed by atoms with Crippen molar-refractivity contribution in [3.8, 4) is 5.75 Å². The number of hydrogen-bond acceptors (Lipinski definition) is 4. The van der Waals surface area contributed by atoms with Crippen LogP contribution in [0, 0.1) is 0 Å². The largest absolute Gasteiger partial charge is 0.494 e. The molecule has 31 heavy (non-hydrogen) atoms. The Labute approximate surface area is 183 Å². The van der Waals surface area contributed by atoms with Gasteiger partial charge < -0.3 is 10.1 Å². The van der Waals surface area contributed by atoms with Gasteiger partial charge in [0.2, 0.25) is 0 Å². The van der Waals surface area contributed by atoms with Gasteiger partial charge in [-0.25, -0.2) is 8.42 Å². The maximum atomic E-state index is 12.8. The number of amides is 1. The Hall–Kier alpha value is -3.32. The Morgan fingerprint density at radius 2 is 1.58 bits per heavy atom. The van der Waals surface area contributed by atoms with E-state index in [1.807, 2.05) is 38.1 Å². The summed E-state index contributed by atoms with van der Waals surface area (Å²) < 4.78 is 32.2. The predicted molar refractivity (Wildman–Crippen MR) is 122 cm³/mol. The summed E-state index contributed by atoms with van der Waals surface area (Å²) in [5, 5.41) is 2.96. The van der Waals surface area contributed by atoms with Crippen LogP contribution in [0.15, 0.2) is 83.8 Å². The Morgan fingerprint density at radius 3 is 2.16 bits per heavy atom. The summed E-state index contributed by atoms with van der Waals surface area (Å²) in [6, 6.07) is 22.1. The monoisotopic (exact) mass is 438 g/mol. The van der Waals surface area contributed by atoms with Gasteiger partial charge >= 0.3 is 0 Å². The van der Waals surface area contributed by atoms with Gasteiger partial charge in [0.25, 0.3) is 15.9 Å². The number of carbonyl (C=O) groups is 1. The summed E-state index contributed by atoms with van der Waals surface area (Å²) in [5.41, 5.74) is 1.88. The van der Waals surface area contributed by atoms with E-state index in [0.29, 0.717) is 17.9 Å². The number of carbonyl (C=O) groups excluding carboxylic acids is 1. The van der Waals surface area contributed by atoms with E-state index in [9.17, 15) is 13.2 Å². The lowest BCUT2D eigenvalue weighted by atomic mass is 10.1. The molecule has 1 N–H and O–H groups in total. The van der Waals surface area contributed by atoms with Crippen LogP contribution in [0.5, 0.6) is 5.75 Å². The van der Waals surface area contributed by atoms with Gasteiger partial charge in [0.05, 0.1) is 23.2 Å². The number of nitrogens with one attached hydrogen (secondary N) is 1. The molecule has 1 amide bonds. The minimum absolute atomic E-state index is 0.191. The van der Waals surface area contributed by atoms with Gasteiger partial charge in [0.1, 0.15) is 5.75 Å². The van der Waals surface area contributed by atoms with E-state index < -0.39 is 10.0 Å². The first kappa shape index (κ1) is 22.4. The average Bonchev–Trinajstić information content (AvgIpc) is 2.80. The Kier molecular flexibility index (Phi) is 6.97. The van der Waals surface area contributed by atoms with Crippen LogP contribution >= 0.6 is 0 Å². The molecule has 3 aromatic rings. The Morgan fingerprint density at radius 1 is 0.968 bits per heavy atom. The number of ether oxygens (including phenoxy) is 1. The highest BCUT2D eigenvalue weighted by molar-refractivity contribution is 7.92. The zero-order valence-corrected chi connectivity index (χ0v) is 18.6. The number of benzene rings is 3. The van der Waals surface area contributed by atoms with Crippen molar-refractivity contribution in [1.29, 1.82) is 0 Å². The minimum atomic E-state index is -3.67. The maximum absolute atomic E-state index is 12.8. The molecule has 3 aromatic carbocycles. The summed E-state index contributed by atoms with van der Waals surface area (Å²) in [7, 11) is -2.17. The third-order valence-electron chi connectivity index (χ3n) is 4.93. The topological polar surface area (TPSA) is 75.7 Å². The molecular weight excluding hydrogens is 412 g/mol. The van der Waals surface area contributed by atoms with Gasteiger partial charge in [-0.1, -0.05) is 30.3 Å². The van der Waals surface area contributed by atoms with E-state index in [2.05, 4.69) is 5.32 Å². The molecule has 1 unspecified atom stereocenters. The lowest BCUT2D eigenvalue weighted by Crippen LogP contribution is -2.28. The summed E-state index contributed by atoms with van der Waals surface area (Å²) in [6.07, 6.45) is 0. The fourth-order valence-electron chi connectivity index (χ4n) is 3.09. The molecule has 6 nitrogen and oxygen atoms in total. The van der Waals surface area contributed by atoms with E-state index in [1.165, 1.54) is 11.4 Å². The minimum Gasteiger partial charge on any atom is -0.494 e. The fraction of sp³-hybridized carbons (Fsp3) is 0.208. The molecule has 0 saturated heterocycles. The Balaban J connectivity index is 1.68. The van der Waals surface area contributed by atoms with Crippen molar-refractivity contribution in [2.45, 2.75) is 24.8 Å². The molecule has 0 aliphatic rings. The van der Waals surface area contributed by atoms with Crippen LogP contribution in [0.25, 0.3) is 0 Å². The molecule has 0 spiro atoms. The van der Waals surface area contributed by atoms with Crippen LogP contribution < -0.4 is 14.4 Å². The molecule has 0 bridgehead atoms. The van der Waals surface area contributed by atoms with E-state index in [0.717, 1.165) is 11.3 Å². The van der Waals surface area contributed by atoms with Crippen LogP contribution in [0.1, 0.15) is 35.8 Å². The quantitative estimate of drug-likeness (QED) is 0.566. The van der Waals surface area contributed by atoms with Crippen molar-refractivity contribution in [3.05, 3.63) is 90.0 Å². The second-order valence-electron chi connectivity index (χ2n) is 7.03. The molecule has 0 fully saturated rings. The first-order valence-corrected chi connectivity index (χ1v) is 11.4. The van der Waals surface area contributed by atoms with Crippen molar-refractivity contribution in [1.82, 2.24) is 5.32 Å². The van der Waals surface area contributed by atoms with Crippen molar-refractivity contribution in [2.24, 2.45) is 0 Å². The second kappa shape index (κ2) is 9.66. The highest BCUT2D eigenvalue weighted by Crippen LogP contribution is 2.23. The molecule has 0 aromatic heterocycles. The number of nitrogens with zero attached hydrogens (tertiary/aromatic N) is 1. The first-order chi connectivity index (χ1) is 14.8. The normalized spacial score (nSPS) is 12.1. The summed E-state index contributed by atoms with van der Waals surface area (Å²) in [6.45, 7) is 4.43. The zero-order valence-electron chi connectivity index (χ0n) is 17.8. The lowest BCUT2D eigenvalue weighted by molar-refractivity contribution is 0.0940. The zero-order chi connectivity index (χ0) is 22.4. The highest BCUT2D eigenvalue weighted by atomic mass is 32.2. The van der Waals surface area contributed by atoms with E-state index in [-0.39, 0.29) is 16.8 Å². The number of hydrogen-bond donors (Lipinski definition) is 1. The van der Waals surface area contributed by atoms with E-state index in [4.69, 9.17) is 4.74 Å². The van der Waals surface area contributed by atoms with E-state index in [1.54, 1.807) is 54.6 Å². The third kappa shape index (κ3) is 5.24. The second-order valence-corrected chi connectivity index (χ2v) is 9.00. The maximum Gasteiger partial charge on any atom is 0.264 e. The lowest BCUT2D eigenvalue weighted by Gasteiger charge is -2.20. The van der Waals surface area contributed by atoms with Crippen LogP contribution in [0.4, 0.5) is 5.69 Å². The van der Waals surface area contributed by atoms with Crippen LogP contribution in [-0.4, -0.2) is 28.0 Å². The molecule has 0 aliphatic carbocycles. The van der Waals surface area contributed by atoms with Crippen molar-refractivity contribution in [3.63, 3.8) is 0 Å². The highest BCUT2D eigenvalue weighted by Gasteiger charge is 2.21. The van der Waals surface area contributed by atoms with Gasteiger partial charge in [0.15, 0.2) is 0 Å². The van der Waals surface area contributed by atoms with Gasteiger partial charge in [0, 0.05) is 12.6 Å². The SMILES string of the molecule is CCOc1ccc(C(C)NC(=O)c2ccc(N(C)S(=O)(=O)c3ccccc3)cc2)cc1. The van der Waals surface area contributed by atoms with Gasteiger partial charge in [-0.3, -0.25) is 9.10 Å². The van der Waals surface area contributed by atoms with Gasteiger partial charge in [-0.05, 0) is 67.9 Å². The predicted octanol–water partition coefficient (Wildman–Crippen LogP) is 4.40. The van der Waals surface area contributed by atoms with Crippen LogP contribution in [-0.2, 0) is 10.0 Å². The first-order valence-electron chi connectivity index (χ1n) is 10.0. The number of sulfonamides is 1. The Bertz CT molecular complexity index is 1110. The number of anilines is 1. The molecule has 0 heterocycles. The average molecular weight is 439 g/mol. The van der Waals surface area contributed by atoms with Crippen LogP contribution in [0.3, 0.4) is 0 Å². The van der Waals surface area contributed by atoms with Crippen molar-refractivity contribution < 1.29 is 17.9 Å². The molecule has 0 radical (unpaired) electrons. The summed E-state index contributed by atoms with van der Waals surface area (Å²) >= 11 is 0. The molecule has 1 atom stereocenters. The molecule has 7 heteroatoms. The summed E-state index contributed by atoms with van der Waals surface area (Å²) in [5.74, 6) is 0.552. The standard InChI is InChI=1S/C24H26N2O4S/c1-4-30-22-16-12-19(13-17-22)18(2)25-24(27)20-10-14-21(15-11-20)26(3)31(28,29)23-8-6-5-7-9-23/h5-18H,4H2,1-3H3,(H,25,27). The van der Waals surface area contributed by atoms with Gasteiger partial charge in [-0.15, -0.1) is 0 Å². The molecule has 162 valence electrons. The molecular formula is C24H26N2O4S. The van der Waals surface area contributed by atoms with E-state index >= 15 is 0 Å². The summed E-state index contributed by atoms with van der Waals surface area (Å²) in [4.78, 5) is 12.8. The van der Waals surface area contributed by atoms with Gasteiger partial charge in [-0.2, -0.15) is 0 Å². The third-order valence-corrected chi connectivity index (χ3v) is 6.73. The number of rotatable bonds is 8. The van der Waals surface area contributed by atoms with Crippen molar-refractivity contribution in [2.75, 3.05) is 18.0 Å². The molecule has 3 rings (SSSR count). The molecule has 0 aliphatic heterocycles. The van der Waals surface area contributed by atoms with Crippen molar-refractivity contribution >= 4 is 21.6 Å².